The summed E-state index contributed by atoms with van der Waals surface area (Å²) >= 11 is 0. The van der Waals surface area contributed by atoms with Crippen molar-refractivity contribution < 1.29 is 31.5 Å². The first-order valence-corrected chi connectivity index (χ1v) is 13.6. The van der Waals surface area contributed by atoms with E-state index in [9.17, 15) is 26.7 Å². The van der Waals surface area contributed by atoms with Crippen LogP contribution in [0.4, 0.5) is 22.0 Å². The molecule has 1 aliphatic heterocycles. The minimum atomic E-state index is -4.76. The van der Waals surface area contributed by atoms with Crippen molar-refractivity contribution in [3.63, 3.8) is 0 Å². The number of methoxy groups -OCH3 is 1. The van der Waals surface area contributed by atoms with Crippen LogP contribution in [-0.4, -0.2) is 63.1 Å². The molecule has 42 heavy (non-hydrogen) atoms. The van der Waals surface area contributed by atoms with E-state index in [2.05, 4.69) is 15.0 Å². The van der Waals surface area contributed by atoms with Crippen LogP contribution in [-0.2, 0) is 11.7 Å². The standard InChI is InChI=1S/C30H28F5N5O2/c1-17-16-38(29(8-9-29)20-12-21(31)14-22(32)13-20)10-11-39(17)28(41)24-15-36-40-26(30(33,34)35)18(2)25(37-27(24)40)19-4-6-23(42-3)7-5-19/h4-7,12-15,17H,8-11,16H2,1-3H3/t17-/m1/s1. The van der Waals surface area contributed by atoms with Gasteiger partial charge < -0.3 is 9.64 Å². The summed E-state index contributed by atoms with van der Waals surface area (Å²) in [7, 11) is 1.49. The first kappa shape index (κ1) is 28.1. The molecule has 12 heteroatoms. The minimum Gasteiger partial charge on any atom is -0.497 e. The maximum Gasteiger partial charge on any atom is 0.433 e. The quantitative estimate of drug-likeness (QED) is 0.275. The lowest BCUT2D eigenvalue weighted by molar-refractivity contribution is -0.143. The van der Waals surface area contributed by atoms with Crippen LogP contribution < -0.4 is 4.74 Å². The third-order valence-corrected chi connectivity index (χ3v) is 8.36. The number of amides is 1. The van der Waals surface area contributed by atoms with Gasteiger partial charge in [0, 0.05) is 48.4 Å². The van der Waals surface area contributed by atoms with Gasteiger partial charge in [0.2, 0.25) is 0 Å². The number of carbonyl (C=O) groups is 1. The SMILES string of the molecule is COc1ccc(-c2nc3c(C(=O)N4CCN(C5(c6cc(F)cc(F)c6)CC5)C[C@H]4C)cnn3c(C(F)(F)F)c2C)cc1. The van der Waals surface area contributed by atoms with E-state index in [-0.39, 0.29) is 35.1 Å². The number of piperazine rings is 1. The van der Waals surface area contributed by atoms with Crippen LogP contribution in [0, 0.1) is 18.6 Å². The van der Waals surface area contributed by atoms with Crippen LogP contribution in [0.25, 0.3) is 16.9 Å². The van der Waals surface area contributed by atoms with Crippen LogP contribution in [0.2, 0.25) is 0 Å². The van der Waals surface area contributed by atoms with Crippen molar-refractivity contribution in [1.82, 2.24) is 24.4 Å². The lowest BCUT2D eigenvalue weighted by atomic mass is 10.00. The van der Waals surface area contributed by atoms with E-state index in [1.54, 1.807) is 29.2 Å². The predicted octanol–water partition coefficient (Wildman–Crippen LogP) is 5.85. The number of aromatic nitrogens is 3. The largest absolute Gasteiger partial charge is 0.497 e. The van der Waals surface area contributed by atoms with Gasteiger partial charge in [-0.05, 0) is 68.7 Å². The van der Waals surface area contributed by atoms with Gasteiger partial charge in [-0.15, -0.1) is 0 Å². The third-order valence-electron chi connectivity index (χ3n) is 8.36. The lowest BCUT2D eigenvalue weighted by Crippen LogP contribution is -2.56. The van der Waals surface area contributed by atoms with E-state index in [1.807, 2.05) is 6.92 Å². The number of hydrogen-bond acceptors (Lipinski definition) is 5. The molecule has 0 radical (unpaired) electrons. The molecule has 6 rings (SSSR count). The minimum absolute atomic E-state index is 0.0381. The molecule has 4 aromatic rings. The molecule has 1 aliphatic carbocycles. The zero-order valence-corrected chi connectivity index (χ0v) is 23.2. The smallest absolute Gasteiger partial charge is 0.433 e. The Morgan fingerprint density at radius 1 is 1.05 bits per heavy atom. The number of halogens is 5. The van der Waals surface area contributed by atoms with Gasteiger partial charge >= 0.3 is 6.18 Å². The zero-order valence-electron chi connectivity index (χ0n) is 23.2. The van der Waals surface area contributed by atoms with E-state index in [4.69, 9.17) is 4.74 Å². The van der Waals surface area contributed by atoms with E-state index in [0.717, 1.165) is 25.1 Å². The molecule has 0 spiro atoms. The first-order valence-electron chi connectivity index (χ1n) is 13.6. The molecule has 2 aromatic heterocycles. The second-order valence-corrected chi connectivity index (χ2v) is 10.9. The van der Waals surface area contributed by atoms with E-state index < -0.39 is 35.0 Å². The highest BCUT2D eigenvalue weighted by molar-refractivity contribution is 6.00. The molecule has 0 bridgehead atoms. The van der Waals surface area contributed by atoms with Gasteiger partial charge in [0.25, 0.3) is 5.91 Å². The maximum atomic E-state index is 14.3. The molecule has 3 heterocycles. The van der Waals surface area contributed by atoms with Crippen LogP contribution in [0.5, 0.6) is 5.75 Å². The highest BCUT2D eigenvalue weighted by Crippen LogP contribution is 2.52. The summed E-state index contributed by atoms with van der Waals surface area (Å²) in [6.45, 7) is 4.32. The molecular formula is C30H28F5N5O2. The van der Waals surface area contributed by atoms with Gasteiger partial charge in [-0.25, -0.2) is 18.3 Å². The number of nitrogens with zero attached hydrogens (tertiary/aromatic N) is 5. The van der Waals surface area contributed by atoms with Crippen molar-refractivity contribution in [1.29, 1.82) is 0 Å². The van der Waals surface area contributed by atoms with Crippen LogP contribution in [0.1, 0.15) is 46.9 Å². The van der Waals surface area contributed by atoms with Gasteiger partial charge in [0.15, 0.2) is 11.3 Å². The fourth-order valence-electron chi connectivity index (χ4n) is 6.12. The third kappa shape index (κ3) is 4.67. The molecule has 1 amide bonds. The molecule has 0 unspecified atom stereocenters. The fraction of sp³-hybridized carbons (Fsp3) is 0.367. The second-order valence-electron chi connectivity index (χ2n) is 10.9. The van der Waals surface area contributed by atoms with Crippen LogP contribution in [0.15, 0.2) is 48.7 Å². The van der Waals surface area contributed by atoms with Crippen molar-refractivity contribution in [2.75, 3.05) is 26.7 Å². The first-order chi connectivity index (χ1) is 19.9. The summed E-state index contributed by atoms with van der Waals surface area (Å²) in [5.74, 6) is -1.22. The van der Waals surface area contributed by atoms with Crippen molar-refractivity contribution in [3.05, 3.63) is 82.7 Å². The monoisotopic (exact) mass is 585 g/mol. The molecule has 2 aromatic carbocycles. The number of alkyl halides is 3. The Balaban J connectivity index is 1.33. The summed E-state index contributed by atoms with van der Waals surface area (Å²) in [5, 5.41) is 3.95. The summed E-state index contributed by atoms with van der Waals surface area (Å²) < 4.78 is 76.8. The summed E-state index contributed by atoms with van der Waals surface area (Å²) in [4.78, 5) is 22.1. The Bertz CT molecular complexity index is 1660. The van der Waals surface area contributed by atoms with Crippen LogP contribution >= 0.6 is 0 Å². The van der Waals surface area contributed by atoms with Crippen molar-refractivity contribution in [2.24, 2.45) is 0 Å². The number of ether oxygens (including phenoxy) is 1. The number of hydrogen-bond donors (Lipinski definition) is 0. The molecule has 1 atom stereocenters. The topological polar surface area (TPSA) is 63.0 Å². The van der Waals surface area contributed by atoms with E-state index >= 15 is 0 Å². The molecule has 2 aliphatic rings. The average Bonchev–Trinajstić information content (AvgIpc) is 3.65. The molecule has 1 saturated heterocycles. The number of carbonyl (C=O) groups excluding carboxylic acids is 1. The van der Waals surface area contributed by atoms with Gasteiger partial charge in [-0.1, -0.05) is 0 Å². The highest BCUT2D eigenvalue weighted by atomic mass is 19.4. The summed E-state index contributed by atoms with van der Waals surface area (Å²) in [6, 6.07) is 9.70. The van der Waals surface area contributed by atoms with Crippen molar-refractivity contribution in [2.45, 2.75) is 44.4 Å². The van der Waals surface area contributed by atoms with Gasteiger partial charge in [0.1, 0.15) is 22.9 Å². The Hall–Kier alpha value is -4.06. The summed E-state index contributed by atoms with van der Waals surface area (Å²) in [5.41, 5.74) is -0.753. The molecule has 1 saturated carbocycles. The zero-order chi connectivity index (χ0) is 30.0. The predicted molar refractivity (Wildman–Crippen MR) is 144 cm³/mol. The van der Waals surface area contributed by atoms with E-state index in [0.29, 0.717) is 34.5 Å². The maximum absolute atomic E-state index is 14.3. The molecule has 220 valence electrons. The van der Waals surface area contributed by atoms with Gasteiger partial charge in [-0.2, -0.15) is 18.3 Å². The fourth-order valence-corrected chi connectivity index (χ4v) is 6.12. The second kappa shape index (κ2) is 10.0. The molecular weight excluding hydrogens is 557 g/mol. The molecule has 2 fully saturated rings. The Kier molecular flexibility index (Phi) is 6.71. The lowest BCUT2D eigenvalue weighted by Gasteiger charge is -2.44. The van der Waals surface area contributed by atoms with Gasteiger partial charge in [0.05, 0.1) is 19.0 Å². The Labute approximate surface area is 238 Å². The van der Waals surface area contributed by atoms with Crippen LogP contribution in [0.3, 0.4) is 0 Å². The number of benzene rings is 2. The van der Waals surface area contributed by atoms with Crippen molar-refractivity contribution in [3.8, 4) is 17.0 Å². The van der Waals surface area contributed by atoms with E-state index in [1.165, 1.54) is 26.2 Å². The Morgan fingerprint density at radius 3 is 2.29 bits per heavy atom. The number of rotatable bonds is 5. The normalized spacial score (nSPS) is 18.9. The number of fused-ring (bicyclic) bond motifs is 1. The van der Waals surface area contributed by atoms with Gasteiger partial charge in [-0.3, -0.25) is 9.69 Å². The molecule has 0 N–H and O–H groups in total. The van der Waals surface area contributed by atoms with Crippen molar-refractivity contribution >= 4 is 11.6 Å². The molecule has 7 nitrogen and oxygen atoms in total. The Morgan fingerprint density at radius 2 is 1.71 bits per heavy atom. The highest BCUT2D eigenvalue weighted by Gasteiger charge is 2.51. The summed E-state index contributed by atoms with van der Waals surface area (Å²) in [6.07, 6.45) is -2.15. The average molecular weight is 586 g/mol.